The van der Waals surface area contributed by atoms with E-state index in [2.05, 4.69) is 15.7 Å². The molecule has 2 aliphatic carbocycles. The van der Waals surface area contributed by atoms with E-state index in [4.69, 9.17) is 5.84 Å². The van der Waals surface area contributed by atoms with Crippen LogP contribution in [0.25, 0.3) is 0 Å². The van der Waals surface area contributed by atoms with Gasteiger partial charge in [0.05, 0.1) is 0 Å². The molecule has 0 aromatic carbocycles. The molecule has 0 bridgehead atoms. The van der Waals surface area contributed by atoms with E-state index in [9.17, 15) is 0 Å². The molecule has 0 amide bonds. The van der Waals surface area contributed by atoms with Gasteiger partial charge in [0, 0.05) is 12.6 Å². The van der Waals surface area contributed by atoms with Gasteiger partial charge in [-0.05, 0) is 25.2 Å². The number of nitrogens with two attached hydrogens (primary N) is 1. The molecule has 4 N–H and O–H groups in total. The van der Waals surface area contributed by atoms with E-state index in [-0.39, 0.29) is 0 Å². The summed E-state index contributed by atoms with van der Waals surface area (Å²) in [6, 6.07) is 0.615. The number of guanidine groups is 1. The van der Waals surface area contributed by atoms with Crippen LogP contribution in [0, 0.1) is 5.92 Å². The average Bonchev–Trinajstić information content (AvgIpc) is 3.13. The van der Waals surface area contributed by atoms with Gasteiger partial charge in [-0.2, -0.15) is 0 Å². The van der Waals surface area contributed by atoms with Crippen molar-refractivity contribution in [2.45, 2.75) is 57.4 Å². The molecule has 92 valence electrons. The Morgan fingerprint density at radius 2 is 1.88 bits per heavy atom. The van der Waals surface area contributed by atoms with Crippen LogP contribution in [0.5, 0.6) is 0 Å². The zero-order valence-corrected chi connectivity index (χ0v) is 10.0. The van der Waals surface area contributed by atoms with Crippen LogP contribution < -0.4 is 16.6 Å². The van der Waals surface area contributed by atoms with Crippen LogP contribution >= 0.6 is 0 Å². The van der Waals surface area contributed by atoms with Gasteiger partial charge >= 0.3 is 0 Å². The van der Waals surface area contributed by atoms with Gasteiger partial charge in [-0.3, -0.25) is 10.4 Å². The highest BCUT2D eigenvalue weighted by Crippen LogP contribution is 2.26. The summed E-state index contributed by atoms with van der Waals surface area (Å²) in [6.45, 7) is 0.907. The first-order valence-electron chi connectivity index (χ1n) is 6.66. The van der Waals surface area contributed by atoms with Gasteiger partial charge in [-0.1, -0.05) is 32.1 Å². The van der Waals surface area contributed by atoms with Crippen molar-refractivity contribution in [2.24, 2.45) is 16.8 Å². The molecule has 0 aromatic heterocycles. The topological polar surface area (TPSA) is 62.4 Å². The Morgan fingerprint density at radius 3 is 2.50 bits per heavy atom. The van der Waals surface area contributed by atoms with E-state index in [1.165, 1.54) is 51.4 Å². The molecule has 2 aliphatic rings. The molecule has 2 rings (SSSR count). The van der Waals surface area contributed by atoms with Crippen molar-refractivity contribution in [1.29, 1.82) is 0 Å². The van der Waals surface area contributed by atoms with Crippen molar-refractivity contribution in [3.8, 4) is 0 Å². The van der Waals surface area contributed by atoms with E-state index < -0.39 is 0 Å². The largest absolute Gasteiger partial charge is 0.353 e. The molecule has 16 heavy (non-hydrogen) atoms. The zero-order valence-electron chi connectivity index (χ0n) is 10.0. The highest BCUT2D eigenvalue weighted by Gasteiger charge is 2.22. The smallest absolute Gasteiger partial charge is 0.205 e. The minimum absolute atomic E-state index is 0.615. The van der Waals surface area contributed by atoms with E-state index in [1.807, 2.05) is 0 Å². The molecular formula is C12H24N4. The summed E-state index contributed by atoms with van der Waals surface area (Å²) in [5.74, 6) is 7.10. The lowest BCUT2D eigenvalue weighted by atomic mass is 9.87. The Hall–Kier alpha value is -0.770. The van der Waals surface area contributed by atoms with E-state index >= 15 is 0 Å². The molecule has 0 radical (unpaired) electrons. The minimum Gasteiger partial charge on any atom is -0.353 e. The fourth-order valence-corrected chi connectivity index (χ4v) is 2.39. The average molecular weight is 224 g/mol. The van der Waals surface area contributed by atoms with E-state index in [0.29, 0.717) is 6.04 Å². The standard InChI is InChI=1S/C12H24N4/c13-16-12(15-11-6-7-11)14-9-8-10-4-2-1-3-5-10/h10-11H,1-9,13H2,(H2,14,15,16). The third kappa shape index (κ3) is 4.00. The van der Waals surface area contributed by atoms with Crippen molar-refractivity contribution in [1.82, 2.24) is 10.7 Å². The number of nitrogens with one attached hydrogen (secondary N) is 2. The maximum Gasteiger partial charge on any atom is 0.205 e. The highest BCUT2D eigenvalue weighted by atomic mass is 15.3. The third-order valence-corrected chi connectivity index (χ3v) is 3.59. The fourth-order valence-electron chi connectivity index (χ4n) is 2.39. The number of hydrogen-bond donors (Lipinski definition) is 3. The molecule has 0 unspecified atom stereocenters. The molecule has 0 aliphatic heterocycles. The van der Waals surface area contributed by atoms with Crippen LogP contribution in [0.2, 0.25) is 0 Å². The van der Waals surface area contributed by atoms with Crippen molar-refractivity contribution >= 4 is 5.96 Å². The monoisotopic (exact) mass is 224 g/mol. The van der Waals surface area contributed by atoms with Gasteiger partial charge in [0.1, 0.15) is 0 Å². The lowest BCUT2D eigenvalue weighted by Crippen LogP contribution is -2.42. The maximum absolute atomic E-state index is 5.42. The Morgan fingerprint density at radius 1 is 1.12 bits per heavy atom. The summed E-state index contributed by atoms with van der Waals surface area (Å²) in [5, 5.41) is 3.29. The van der Waals surface area contributed by atoms with Crippen molar-refractivity contribution in [2.75, 3.05) is 6.54 Å². The lowest BCUT2D eigenvalue weighted by molar-refractivity contribution is 0.343. The molecule has 0 aromatic rings. The second kappa shape index (κ2) is 6.09. The molecular weight excluding hydrogens is 200 g/mol. The van der Waals surface area contributed by atoms with Crippen molar-refractivity contribution in [3.63, 3.8) is 0 Å². The predicted molar refractivity (Wildman–Crippen MR) is 67.0 cm³/mol. The second-order valence-corrected chi connectivity index (χ2v) is 5.09. The lowest BCUT2D eigenvalue weighted by Gasteiger charge is -2.20. The predicted octanol–water partition coefficient (Wildman–Crippen LogP) is 1.53. The van der Waals surface area contributed by atoms with Gasteiger partial charge in [0.2, 0.25) is 5.96 Å². The van der Waals surface area contributed by atoms with Gasteiger partial charge < -0.3 is 5.32 Å². The first kappa shape index (κ1) is 11.7. The van der Waals surface area contributed by atoms with Crippen LogP contribution in [-0.4, -0.2) is 18.5 Å². The quantitative estimate of drug-likeness (QED) is 0.294. The number of nitrogens with zero attached hydrogens (tertiary/aromatic N) is 1. The second-order valence-electron chi connectivity index (χ2n) is 5.09. The summed E-state index contributed by atoms with van der Waals surface area (Å²) < 4.78 is 0. The molecule has 0 saturated heterocycles. The molecule has 0 spiro atoms. The highest BCUT2D eigenvalue weighted by molar-refractivity contribution is 5.79. The number of rotatable bonds is 4. The van der Waals surface area contributed by atoms with Gasteiger partial charge in [0.25, 0.3) is 0 Å². The summed E-state index contributed by atoms with van der Waals surface area (Å²) in [4.78, 5) is 4.49. The third-order valence-electron chi connectivity index (χ3n) is 3.59. The Kier molecular flexibility index (Phi) is 4.45. The van der Waals surface area contributed by atoms with Crippen LogP contribution in [0.4, 0.5) is 0 Å². The number of hydrogen-bond acceptors (Lipinski definition) is 2. The van der Waals surface area contributed by atoms with Crippen LogP contribution in [0.15, 0.2) is 4.99 Å². The first-order valence-corrected chi connectivity index (χ1v) is 6.66. The van der Waals surface area contributed by atoms with Crippen LogP contribution in [-0.2, 0) is 0 Å². The van der Waals surface area contributed by atoms with Crippen LogP contribution in [0.3, 0.4) is 0 Å². The van der Waals surface area contributed by atoms with Gasteiger partial charge in [-0.25, -0.2) is 5.84 Å². The molecule has 4 heteroatoms. The Labute approximate surface area is 98.0 Å². The van der Waals surface area contributed by atoms with Gasteiger partial charge in [-0.15, -0.1) is 0 Å². The minimum atomic E-state index is 0.615. The number of hydrazine groups is 1. The summed E-state index contributed by atoms with van der Waals surface area (Å²) >= 11 is 0. The zero-order chi connectivity index (χ0) is 11.2. The summed E-state index contributed by atoms with van der Waals surface area (Å²) in [6.07, 6.45) is 10.8. The fraction of sp³-hybridized carbons (Fsp3) is 0.917. The maximum atomic E-state index is 5.42. The molecule has 0 atom stereocenters. The SMILES string of the molecule is NNC(=NCCC1CCCCC1)NC1CC1. The van der Waals surface area contributed by atoms with Gasteiger partial charge in [0.15, 0.2) is 0 Å². The molecule has 0 heterocycles. The van der Waals surface area contributed by atoms with Crippen molar-refractivity contribution < 1.29 is 0 Å². The summed E-state index contributed by atoms with van der Waals surface area (Å²) in [7, 11) is 0. The Balaban J connectivity index is 1.64. The molecule has 2 saturated carbocycles. The van der Waals surface area contributed by atoms with Crippen molar-refractivity contribution in [3.05, 3.63) is 0 Å². The van der Waals surface area contributed by atoms with Crippen LogP contribution in [0.1, 0.15) is 51.4 Å². The van der Waals surface area contributed by atoms with E-state index in [0.717, 1.165) is 18.4 Å². The molecule has 4 nitrogen and oxygen atoms in total. The summed E-state index contributed by atoms with van der Waals surface area (Å²) in [5.41, 5.74) is 2.65. The number of aliphatic imine (C=N–C) groups is 1. The Bertz CT molecular complexity index is 229. The van der Waals surface area contributed by atoms with E-state index in [1.54, 1.807) is 0 Å². The normalized spacial score (nSPS) is 23.2. The molecule has 2 fully saturated rings. The first-order chi connectivity index (χ1) is 7.88.